The SMILES string of the molecule is CC(CNc1ncnc2ccccc12)c1nccs1. The van der Waals surface area contributed by atoms with Crippen molar-refractivity contribution in [3.63, 3.8) is 0 Å². The number of aromatic nitrogens is 3. The molecule has 0 radical (unpaired) electrons. The molecule has 5 heteroatoms. The quantitative estimate of drug-likeness (QED) is 0.790. The first-order valence-corrected chi connectivity index (χ1v) is 7.05. The Morgan fingerprint density at radius 2 is 2.11 bits per heavy atom. The molecule has 0 aliphatic rings. The third kappa shape index (κ3) is 2.56. The Hall–Kier alpha value is -2.01. The highest BCUT2D eigenvalue weighted by molar-refractivity contribution is 7.09. The lowest BCUT2D eigenvalue weighted by molar-refractivity contribution is 0.792. The van der Waals surface area contributed by atoms with Crippen LogP contribution in [0.2, 0.25) is 0 Å². The number of rotatable bonds is 4. The number of thiazole rings is 1. The van der Waals surface area contributed by atoms with E-state index in [1.54, 1.807) is 17.7 Å². The number of nitrogens with one attached hydrogen (secondary N) is 1. The number of para-hydroxylation sites is 1. The van der Waals surface area contributed by atoms with Crippen LogP contribution in [0.1, 0.15) is 17.8 Å². The Kier molecular flexibility index (Phi) is 3.37. The first kappa shape index (κ1) is 12.0. The van der Waals surface area contributed by atoms with Gasteiger partial charge in [-0.1, -0.05) is 19.1 Å². The molecular weight excluding hydrogens is 256 g/mol. The molecule has 0 saturated heterocycles. The van der Waals surface area contributed by atoms with Crippen molar-refractivity contribution in [2.24, 2.45) is 0 Å². The van der Waals surface area contributed by atoms with E-state index >= 15 is 0 Å². The van der Waals surface area contributed by atoms with Gasteiger partial charge in [-0.2, -0.15) is 0 Å². The Morgan fingerprint density at radius 1 is 1.21 bits per heavy atom. The zero-order chi connectivity index (χ0) is 13.1. The normalized spacial score (nSPS) is 12.5. The molecule has 1 N–H and O–H groups in total. The van der Waals surface area contributed by atoms with Gasteiger partial charge in [-0.05, 0) is 12.1 Å². The van der Waals surface area contributed by atoms with Crippen molar-refractivity contribution in [2.75, 3.05) is 11.9 Å². The van der Waals surface area contributed by atoms with E-state index in [-0.39, 0.29) is 0 Å². The fourth-order valence-electron chi connectivity index (χ4n) is 1.96. The van der Waals surface area contributed by atoms with Crippen molar-refractivity contribution in [3.8, 4) is 0 Å². The minimum atomic E-state index is 0.369. The standard InChI is InChI=1S/C14H14N4S/c1-10(14-15-6-7-19-14)8-16-13-11-4-2-3-5-12(11)17-9-18-13/h2-7,9-10H,8H2,1H3,(H,16,17,18). The molecule has 96 valence electrons. The first-order chi connectivity index (χ1) is 9.34. The summed E-state index contributed by atoms with van der Waals surface area (Å²) >= 11 is 1.69. The van der Waals surface area contributed by atoms with Crippen LogP contribution in [-0.4, -0.2) is 21.5 Å². The van der Waals surface area contributed by atoms with E-state index in [2.05, 4.69) is 27.2 Å². The lowest BCUT2D eigenvalue weighted by Crippen LogP contribution is -2.11. The monoisotopic (exact) mass is 270 g/mol. The second-order valence-electron chi connectivity index (χ2n) is 4.39. The summed E-state index contributed by atoms with van der Waals surface area (Å²) in [5.41, 5.74) is 0.960. The molecule has 0 aliphatic carbocycles. The van der Waals surface area contributed by atoms with Crippen LogP contribution in [0.25, 0.3) is 10.9 Å². The zero-order valence-electron chi connectivity index (χ0n) is 10.6. The molecule has 0 aliphatic heterocycles. The highest BCUT2D eigenvalue weighted by atomic mass is 32.1. The van der Waals surface area contributed by atoms with E-state index in [4.69, 9.17) is 0 Å². The molecule has 3 aromatic rings. The molecule has 1 atom stereocenters. The van der Waals surface area contributed by atoms with Crippen LogP contribution >= 0.6 is 11.3 Å². The molecule has 0 amide bonds. The van der Waals surface area contributed by atoms with Crippen LogP contribution in [0, 0.1) is 0 Å². The van der Waals surface area contributed by atoms with Crippen molar-refractivity contribution < 1.29 is 0 Å². The van der Waals surface area contributed by atoms with E-state index in [1.807, 2.05) is 35.8 Å². The smallest absolute Gasteiger partial charge is 0.137 e. The van der Waals surface area contributed by atoms with Gasteiger partial charge in [-0.25, -0.2) is 15.0 Å². The van der Waals surface area contributed by atoms with Gasteiger partial charge in [0, 0.05) is 29.4 Å². The highest BCUT2D eigenvalue weighted by Crippen LogP contribution is 2.21. The molecule has 0 fully saturated rings. The summed E-state index contributed by atoms with van der Waals surface area (Å²) in [6.45, 7) is 2.98. The fraction of sp³-hybridized carbons (Fsp3) is 0.214. The third-order valence-electron chi connectivity index (χ3n) is 2.99. The van der Waals surface area contributed by atoms with Crippen molar-refractivity contribution >= 4 is 28.1 Å². The van der Waals surface area contributed by atoms with E-state index in [1.165, 1.54) is 0 Å². The molecule has 19 heavy (non-hydrogen) atoms. The number of fused-ring (bicyclic) bond motifs is 1. The van der Waals surface area contributed by atoms with Crippen LogP contribution in [0.15, 0.2) is 42.2 Å². The average Bonchev–Trinajstić information content (AvgIpc) is 2.99. The zero-order valence-corrected chi connectivity index (χ0v) is 11.4. The molecule has 3 rings (SSSR count). The Bertz CT molecular complexity index is 661. The topological polar surface area (TPSA) is 50.7 Å². The predicted molar refractivity (Wildman–Crippen MR) is 78.6 cm³/mol. The van der Waals surface area contributed by atoms with Gasteiger partial charge in [0.15, 0.2) is 0 Å². The second-order valence-corrected chi connectivity index (χ2v) is 5.32. The van der Waals surface area contributed by atoms with Crippen molar-refractivity contribution in [2.45, 2.75) is 12.8 Å². The van der Waals surface area contributed by atoms with Gasteiger partial charge < -0.3 is 5.32 Å². The van der Waals surface area contributed by atoms with Crippen molar-refractivity contribution in [1.82, 2.24) is 15.0 Å². The molecule has 0 bridgehead atoms. The molecule has 2 aromatic heterocycles. The maximum atomic E-state index is 4.34. The molecule has 2 heterocycles. The van der Waals surface area contributed by atoms with Crippen molar-refractivity contribution in [3.05, 3.63) is 47.2 Å². The number of hydrogen-bond donors (Lipinski definition) is 1. The first-order valence-electron chi connectivity index (χ1n) is 6.17. The van der Waals surface area contributed by atoms with Gasteiger partial charge in [0.25, 0.3) is 0 Å². The van der Waals surface area contributed by atoms with E-state index in [0.29, 0.717) is 5.92 Å². The second kappa shape index (κ2) is 5.32. The van der Waals surface area contributed by atoms with Crippen molar-refractivity contribution in [1.29, 1.82) is 0 Å². The molecule has 4 nitrogen and oxygen atoms in total. The number of anilines is 1. The summed E-state index contributed by atoms with van der Waals surface area (Å²) < 4.78 is 0. The lowest BCUT2D eigenvalue weighted by atomic mass is 10.2. The maximum absolute atomic E-state index is 4.34. The lowest BCUT2D eigenvalue weighted by Gasteiger charge is -2.11. The molecule has 1 unspecified atom stereocenters. The molecule has 1 aromatic carbocycles. The summed E-state index contributed by atoms with van der Waals surface area (Å²) in [6, 6.07) is 8.01. The van der Waals surface area contributed by atoms with E-state index in [9.17, 15) is 0 Å². The summed E-state index contributed by atoms with van der Waals surface area (Å²) in [4.78, 5) is 12.9. The fourth-order valence-corrected chi connectivity index (χ4v) is 2.66. The third-order valence-corrected chi connectivity index (χ3v) is 4.00. The summed E-state index contributed by atoms with van der Waals surface area (Å²) in [5, 5.41) is 7.59. The number of benzene rings is 1. The maximum Gasteiger partial charge on any atom is 0.137 e. The Morgan fingerprint density at radius 3 is 2.95 bits per heavy atom. The average molecular weight is 270 g/mol. The Balaban J connectivity index is 1.79. The van der Waals surface area contributed by atoms with Crippen LogP contribution < -0.4 is 5.32 Å². The summed E-state index contributed by atoms with van der Waals surface area (Å²) in [6.07, 6.45) is 3.44. The van der Waals surface area contributed by atoms with Crippen LogP contribution in [0.3, 0.4) is 0 Å². The van der Waals surface area contributed by atoms with Gasteiger partial charge in [-0.3, -0.25) is 0 Å². The Labute approximate surface area is 115 Å². The molecule has 0 spiro atoms. The van der Waals surface area contributed by atoms with Crippen LogP contribution in [-0.2, 0) is 0 Å². The van der Waals surface area contributed by atoms with Gasteiger partial charge in [0.05, 0.1) is 10.5 Å². The van der Waals surface area contributed by atoms with Gasteiger partial charge in [-0.15, -0.1) is 11.3 Å². The minimum Gasteiger partial charge on any atom is -0.369 e. The largest absolute Gasteiger partial charge is 0.369 e. The van der Waals surface area contributed by atoms with Crippen LogP contribution in [0.4, 0.5) is 5.82 Å². The predicted octanol–water partition coefficient (Wildman–Crippen LogP) is 3.30. The minimum absolute atomic E-state index is 0.369. The number of hydrogen-bond acceptors (Lipinski definition) is 5. The van der Waals surface area contributed by atoms with Crippen LogP contribution in [0.5, 0.6) is 0 Å². The van der Waals surface area contributed by atoms with Gasteiger partial charge in [0.1, 0.15) is 12.1 Å². The highest BCUT2D eigenvalue weighted by Gasteiger charge is 2.09. The van der Waals surface area contributed by atoms with E-state index in [0.717, 1.165) is 28.3 Å². The summed E-state index contributed by atoms with van der Waals surface area (Å²) in [7, 11) is 0. The van der Waals surface area contributed by atoms with Gasteiger partial charge in [0.2, 0.25) is 0 Å². The van der Waals surface area contributed by atoms with Gasteiger partial charge >= 0.3 is 0 Å². The molecule has 0 saturated carbocycles. The van der Waals surface area contributed by atoms with E-state index < -0.39 is 0 Å². The summed E-state index contributed by atoms with van der Waals surface area (Å²) in [5.74, 6) is 1.25. The molecular formula is C14H14N4S. The number of nitrogens with zero attached hydrogens (tertiary/aromatic N) is 3.